The van der Waals surface area contributed by atoms with E-state index in [1.807, 2.05) is 48.5 Å². The molecule has 0 atom stereocenters. The van der Waals surface area contributed by atoms with Gasteiger partial charge in [-0.3, -0.25) is 9.87 Å². The summed E-state index contributed by atoms with van der Waals surface area (Å²) in [5, 5.41) is 2.39. The number of nitrogens with one attached hydrogen (secondary N) is 1. The molecule has 0 spiro atoms. The highest BCUT2D eigenvalue weighted by molar-refractivity contribution is 7.86. The monoisotopic (exact) mass is 395 g/mol. The summed E-state index contributed by atoms with van der Waals surface area (Å²) >= 11 is 0. The Balaban J connectivity index is 1.53. The lowest BCUT2D eigenvalue weighted by atomic mass is 9.98. The summed E-state index contributed by atoms with van der Waals surface area (Å²) in [6.45, 7) is 0.105. The largest absolute Gasteiger partial charge is 0.448 e. The lowest BCUT2D eigenvalue weighted by Crippen LogP contribution is -2.19. The lowest BCUT2D eigenvalue weighted by molar-refractivity contribution is 0.158. The molecule has 6 nitrogen and oxygen atoms in total. The highest BCUT2D eigenvalue weighted by Crippen LogP contribution is 2.44. The van der Waals surface area contributed by atoms with E-state index in [1.165, 1.54) is 18.2 Å². The van der Waals surface area contributed by atoms with E-state index in [0.29, 0.717) is 0 Å². The molecule has 0 fully saturated rings. The van der Waals surface area contributed by atoms with Crippen molar-refractivity contribution in [2.75, 3.05) is 11.9 Å². The van der Waals surface area contributed by atoms with Crippen LogP contribution in [-0.2, 0) is 14.9 Å². The second-order valence-corrected chi connectivity index (χ2v) is 7.81. The normalized spacial score (nSPS) is 12.9. The van der Waals surface area contributed by atoms with Gasteiger partial charge in [0.2, 0.25) is 0 Å². The van der Waals surface area contributed by atoms with Gasteiger partial charge in [0.25, 0.3) is 10.1 Å². The Kier molecular flexibility index (Phi) is 4.62. The molecule has 3 aromatic carbocycles. The molecular weight excluding hydrogens is 378 g/mol. The number of para-hydroxylation sites is 1. The van der Waals surface area contributed by atoms with Gasteiger partial charge in [-0.25, -0.2) is 4.79 Å². The quantitative estimate of drug-likeness (QED) is 0.643. The van der Waals surface area contributed by atoms with Crippen molar-refractivity contribution in [1.29, 1.82) is 0 Å². The topological polar surface area (TPSA) is 92.7 Å². The van der Waals surface area contributed by atoms with E-state index < -0.39 is 16.2 Å². The molecule has 142 valence electrons. The van der Waals surface area contributed by atoms with Crippen LogP contribution in [-0.4, -0.2) is 25.7 Å². The summed E-state index contributed by atoms with van der Waals surface area (Å²) < 4.78 is 37.5. The Morgan fingerprint density at radius 2 is 1.43 bits per heavy atom. The van der Waals surface area contributed by atoms with Gasteiger partial charge in [-0.05, 0) is 34.4 Å². The molecule has 2 N–H and O–H groups in total. The minimum atomic E-state index is -4.46. The Morgan fingerprint density at radius 3 is 2.04 bits per heavy atom. The number of rotatable bonds is 4. The van der Waals surface area contributed by atoms with Crippen molar-refractivity contribution in [3.63, 3.8) is 0 Å². The summed E-state index contributed by atoms with van der Waals surface area (Å²) in [5.74, 6) is -0.102. The first kappa shape index (κ1) is 18.2. The van der Waals surface area contributed by atoms with Crippen molar-refractivity contribution in [3.05, 3.63) is 83.9 Å². The van der Waals surface area contributed by atoms with Crippen molar-refractivity contribution in [2.45, 2.75) is 10.8 Å². The van der Waals surface area contributed by atoms with Gasteiger partial charge in [-0.15, -0.1) is 0 Å². The second-order valence-electron chi connectivity index (χ2n) is 6.42. The van der Waals surface area contributed by atoms with Crippen molar-refractivity contribution in [2.24, 2.45) is 0 Å². The second kappa shape index (κ2) is 7.10. The van der Waals surface area contributed by atoms with Crippen LogP contribution in [0, 0.1) is 0 Å². The van der Waals surface area contributed by atoms with E-state index in [-0.39, 0.29) is 23.1 Å². The van der Waals surface area contributed by atoms with E-state index in [0.717, 1.165) is 22.3 Å². The molecule has 0 aromatic heterocycles. The third kappa shape index (κ3) is 3.37. The van der Waals surface area contributed by atoms with E-state index in [9.17, 15) is 17.8 Å². The van der Waals surface area contributed by atoms with Crippen molar-refractivity contribution < 1.29 is 22.5 Å². The van der Waals surface area contributed by atoms with Crippen LogP contribution in [0.3, 0.4) is 0 Å². The highest BCUT2D eigenvalue weighted by atomic mass is 32.2. The maximum Gasteiger partial charge on any atom is 0.411 e. The number of carbonyl (C=O) groups excluding carboxylic acids is 1. The Morgan fingerprint density at radius 1 is 0.893 bits per heavy atom. The number of carbonyl (C=O) groups is 1. The summed E-state index contributed by atoms with van der Waals surface area (Å²) in [4.78, 5) is 11.9. The first-order valence-electron chi connectivity index (χ1n) is 8.63. The maximum absolute atomic E-state index is 12.3. The molecule has 0 aliphatic heterocycles. The fourth-order valence-electron chi connectivity index (χ4n) is 3.54. The molecule has 0 saturated heterocycles. The van der Waals surface area contributed by atoms with Crippen LogP contribution in [0.1, 0.15) is 17.0 Å². The van der Waals surface area contributed by atoms with Crippen LogP contribution in [0.4, 0.5) is 10.5 Å². The zero-order valence-corrected chi connectivity index (χ0v) is 15.5. The number of hydrogen-bond acceptors (Lipinski definition) is 4. The van der Waals surface area contributed by atoms with E-state index in [2.05, 4.69) is 5.32 Å². The Labute approximate surface area is 162 Å². The van der Waals surface area contributed by atoms with Gasteiger partial charge in [-0.1, -0.05) is 60.7 Å². The minimum Gasteiger partial charge on any atom is -0.448 e. The summed E-state index contributed by atoms with van der Waals surface area (Å²) in [6, 6.07) is 21.5. The van der Waals surface area contributed by atoms with E-state index in [1.54, 1.807) is 6.07 Å². The molecule has 0 saturated carbocycles. The predicted octanol–water partition coefficient (Wildman–Crippen LogP) is 4.29. The third-order valence-corrected chi connectivity index (χ3v) is 5.66. The molecular formula is C21H17NO5S. The summed E-state index contributed by atoms with van der Waals surface area (Å²) in [6.07, 6.45) is -0.794. The zero-order valence-electron chi connectivity index (χ0n) is 14.7. The number of anilines is 1. The molecule has 0 unspecified atom stereocenters. The maximum atomic E-state index is 12.3. The molecule has 1 aliphatic rings. The molecule has 1 amide bonds. The standard InChI is InChI=1S/C21H17NO5S/c23-21(22-19-11-5-6-12-20(19)28(24,25)26)27-13-18-16-9-3-1-7-14(16)15-8-2-4-10-17(15)18/h1-12,18H,13H2,(H,22,23)(H,24,25,26). The number of fused-ring (bicyclic) bond motifs is 3. The van der Waals surface area contributed by atoms with Gasteiger partial charge >= 0.3 is 6.09 Å². The third-order valence-electron chi connectivity index (χ3n) is 4.75. The highest BCUT2D eigenvalue weighted by Gasteiger charge is 2.29. The van der Waals surface area contributed by atoms with Crippen LogP contribution in [0.25, 0.3) is 11.1 Å². The smallest absolute Gasteiger partial charge is 0.411 e. The van der Waals surface area contributed by atoms with E-state index >= 15 is 0 Å². The SMILES string of the molecule is O=C(Nc1ccccc1S(=O)(=O)O)OCC1c2ccccc2-c2ccccc21. The molecule has 7 heteroatoms. The number of benzene rings is 3. The first-order valence-corrected chi connectivity index (χ1v) is 10.1. The first-order chi connectivity index (χ1) is 13.4. The van der Waals surface area contributed by atoms with Gasteiger partial charge in [0.15, 0.2) is 0 Å². The minimum absolute atomic E-state index is 0.0396. The molecule has 1 aliphatic carbocycles. The molecule has 28 heavy (non-hydrogen) atoms. The number of ether oxygens (including phenoxy) is 1. The zero-order chi connectivity index (χ0) is 19.7. The number of amides is 1. The van der Waals surface area contributed by atoms with Crippen molar-refractivity contribution >= 4 is 21.9 Å². The molecule has 0 bridgehead atoms. The molecule has 3 aromatic rings. The fourth-order valence-corrected chi connectivity index (χ4v) is 4.19. The predicted molar refractivity (Wildman–Crippen MR) is 105 cm³/mol. The van der Waals surface area contributed by atoms with Gasteiger partial charge in [0, 0.05) is 5.92 Å². The Bertz CT molecular complexity index is 1110. The molecule has 0 radical (unpaired) electrons. The number of hydrogen-bond donors (Lipinski definition) is 2. The van der Waals surface area contributed by atoms with Crippen LogP contribution >= 0.6 is 0 Å². The van der Waals surface area contributed by atoms with Crippen molar-refractivity contribution in [1.82, 2.24) is 0 Å². The summed E-state index contributed by atoms with van der Waals surface area (Å²) in [7, 11) is -4.46. The fraction of sp³-hybridized carbons (Fsp3) is 0.0952. The van der Waals surface area contributed by atoms with Crippen LogP contribution in [0.15, 0.2) is 77.7 Å². The van der Waals surface area contributed by atoms with Crippen LogP contribution in [0.5, 0.6) is 0 Å². The average molecular weight is 395 g/mol. The van der Waals surface area contributed by atoms with Crippen molar-refractivity contribution in [3.8, 4) is 11.1 Å². The molecule has 0 heterocycles. The lowest BCUT2D eigenvalue weighted by Gasteiger charge is -2.15. The average Bonchev–Trinajstić information content (AvgIpc) is 3.00. The van der Waals surface area contributed by atoms with Gasteiger partial charge in [0.05, 0.1) is 5.69 Å². The van der Waals surface area contributed by atoms with Gasteiger partial charge < -0.3 is 4.74 Å². The van der Waals surface area contributed by atoms with Gasteiger partial charge in [-0.2, -0.15) is 8.42 Å². The van der Waals surface area contributed by atoms with Crippen LogP contribution in [0.2, 0.25) is 0 Å². The van der Waals surface area contributed by atoms with Gasteiger partial charge in [0.1, 0.15) is 11.5 Å². The summed E-state index contributed by atoms with van der Waals surface area (Å²) in [5.41, 5.74) is 4.35. The molecule has 4 rings (SSSR count). The Hall–Kier alpha value is -3.16. The van der Waals surface area contributed by atoms with E-state index in [4.69, 9.17) is 4.74 Å². The van der Waals surface area contributed by atoms with Crippen LogP contribution < -0.4 is 5.32 Å².